The minimum Gasteiger partial charge on any atom is -0.342 e. The van der Waals surface area contributed by atoms with Gasteiger partial charge in [-0.3, -0.25) is 0 Å². The molecule has 3 heteroatoms. The molecule has 15 heavy (non-hydrogen) atoms. The lowest BCUT2D eigenvalue weighted by Crippen LogP contribution is -1.77. The molecule has 3 aromatic rings. The second-order valence-corrected chi connectivity index (χ2v) is 4.48. The number of aromatic amines is 1. The molecule has 1 heterocycles. The molecular formula is C12H9BrN2. The van der Waals surface area contributed by atoms with Gasteiger partial charge in [-0.1, -0.05) is 40.2 Å². The van der Waals surface area contributed by atoms with Crippen LogP contribution in [0.5, 0.6) is 0 Å². The van der Waals surface area contributed by atoms with Crippen LogP contribution in [0.15, 0.2) is 34.8 Å². The third-order valence-corrected chi connectivity index (χ3v) is 3.22. The van der Waals surface area contributed by atoms with Crippen molar-refractivity contribution >= 4 is 37.7 Å². The first-order chi connectivity index (χ1) is 7.25. The molecule has 0 saturated carbocycles. The Labute approximate surface area is 95.5 Å². The largest absolute Gasteiger partial charge is 0.342 e. The summed E-state index contributed by atoms with van der Waals surface area (Å²) in [4.78, 5) is 7.76. The number of rotatable bonds is 0. The molecule has 0 spiro atoms. The third-order valence-electron chi connectivity index (χ3n) is 2.56. The number of nitrogens with zero attached hydrogens (tertiary/aromatic N) is 1. The Balaban J connectivity index is 2.62. The predicted molar refractivity (Wildman–Crippen MR) is 66.0 cm³/mol. The molecule has 74 valence electrons. The van der Waals surface area contributed by atoms with Gasteiger partial charge in [0.1, 0.15) is 5.82 Å². The first-order valence-corrected chi connectivity index (χ1v) is 5.58. The summed E-state index contributed by atoms with van der Waals surface area (Å²) < 4.78 is 1.11. The van der Waals surface area contributed by atoms with Gasteiger partial charge in [0.15, 0.2) is 0 Å². The maximum absolute atomic E-state index is 4.51. The molecule has 1 N–H and O–H groups in total. The van der Waals surface area contributed by atoms with Crippen molar-refractivity contribution in [1.29, 1.82) is 0 Å². The number of nitrogens with one attached hydrogen (secondary N) is 1. The molecule has 2 aromatic carbocycles. The van der Waals surface area contributed by atoms with Gasteiger partial charge in [0, 0.05) is 9.86 Å². The Bertz CT molecular complexity index is 655. The van der Waals surface area contributed by atoms with Crippen molar-refractivity contribution in [3.8, 4) is 0 Å². The van der Waals surface area contributed by atoms with Crippen LogP contribution in [-0.2, 0) is 0 Å². The van der Waals surface area contributed by atoms with Crippen LogP contribution in [0.1, 0.15) is 5.82 Å². The number of H-pyrrole nitrogens is 1. The van der Waals surface area contributed by atoms with E-state index in [0.717, 1.165) is 21.3 Å². The Hall–Kier alpha value is -1.35. The van der Waals surface area contributed by atoms with E-state index in [2.05, 4.69) is 44.1 Å². The zero-order valence-corrected chi connectivity index (χ0v) is 9.80. The van der Waals surface area contributed by atoms with Gasteiger partial charge in [-0.05, 0) is 18.4 Å². The van der Waals surface area contributed by atoms with Crippen LogP contribution in [0, 0.1) is 6.92 Å². The van der Waals surface area contributed by atoms with Crippen LogP contribution in [0.2, 0.25) is 0 Å². The van der Waals surface area contributed by atoms with Gasteiger partial charge in [0.2, 0.25) is 0 Å². The minimum atomic E-state index is 0.952. The van der Waals surface area contributed by atoms with E-state index in [1.165, 1.54) is 10.8 Å². The highest BCUT2D eigenvalue weighted by molar-refractivity contribution is 9.10. The summed E-state index contributed by atoms with van der Waals surface area (Å²) in [6.07, 6.45) is 0. The smallest absolute Gasteiger partial charge is 0.104 e. The quantitative estimate of drug-likeness (QED) is 0.655. The SMILES string of the molecule is Cc1nc2c(cc(Br)c3ccccc32)[nH]1. The topological polar surface area (TPSA) is 28.7 Å². The van der Waals surface area contributed by atoms with Crippen molar-refractivity contribution in [2.24, 2.45) is 0 Å². The Morgan fingerprint density at radius 2 is 1.93 bits per heavy atom. The Morgan fingerprint density at radius 3 is 2.73 bits per heavy atom. The summed E-state index contributed by atoms with van der Waals surface area (Å²) in [7, 11) is 0. The van der Waals surface area contributed by atoms with Crippen molar-refractivity contribution in [2.45, 2.75) is 6.92 Å². The maximum atomic E-state index is 4.51. The molecule has 0 amide bonds. The van der Waals surface area contributed by atoms with Crippen LogP contribution in [0.25, 0.3) is 21.8 Å². The van der Waals surface area contributed by atoms with Crippen LogP contribution < -0.4 is 0 Å². The molecule has 1 aromatic heterocycles. The fourth-order valence-electron chi connectivity index (χ4n) is 1.92. The Morgan fingerprint density at radius 1 is 1.20 bits per heavy atom. The zero-order valence-electron chi connectivity index (χ0n) is 8.21. The van der Waals surface area contributed by atoms with E-state index >= 15 is 0 Å². The van der Waals surface area contributed by atoms with Crippen molar-refractivity contribution in [3.05, 3.63) is 40.6 Å². The lowest BCUT2D eigenvalue weighted by atomic mass is 10.1. The third kappa shape index (κ3) is 1.27. The molecule has 0 unspecified atom stereocenters. The second-order valence-electron chi connectivity index (χ2n) is 3.62. The fourth-order valence-corrected chi connectivity index (χ4v) is 2.50. The summed E-state index contributed by atoms with van der Waals surface area (Å²) in [5, 5.41) is 2.39. The lowest BCUT2D eigenvalue weighted by Gasteiger charge is -2.00. The molecule has 0 saturated heterocycles. The highest BCUT2D eigenvalue weighted by Gasteiger charge is 2.07. The van der Waals surface area contributed by atoms with E-state index in [1.54, 1.807) is 0 Å². The van der Waals surface area contributed by atoms with Crippen LogP contribution in [0.3, 0.4) is 0 Å². The first kappa shape index (κ1) is 8.92. The van der Waals surface area contributed by atoms with E-state index in [0.29, 0.717) is 0 Å². The molecular weight excluding hydrogens is 252 g/mol. The maximum Gasteiger partial charge on any atom is 0.104 e. The number of hydrogen-bond donors (Lipinski definition) is 1. The fraction of sp³-hybridized carbons (Fsp3) is 0.0833. The van der Waals surface area contributed by atoms with Gasteiger partial charge in [-0.2, -0.15) is 0 Å². The zero-order chi connectivity index (χ0) is 10.4. The molecule has 0 aliphatic carbocycles. The summed E-state index contributed by atoms with van der Waals surface area (Å²) in [6.45, 7) is 1.97. The minimum absolute atomic E-state index is 0.952. The number of imidazole rings is 1. The molecule has 0 radical (unpaired) electrons. The lowest BCUT2D eigenvalue weighted by molar-refractivity contribution is 1.17. The van der Waals surface area contributed by atoms with Crippen molar-refractivity contribution in [3.63, 3.8) is 0 Å². The van der Waals surface area contributed by atoms with Crippen molar-refractivity contribution < 1.29 is 0 Å². The number of aryl methyl sites for hydroxylation is 1. The normalized spacial score (nSPS) is 11.3. The molecule has 0 bridgehead atoms. The second kappa shape index (κ2) is 3.07. The molecule has 3 rings (SSSR count). The number of hydrogen-bond acceptors (Lipinski definition) is 1. The van der Waals surface area contributed by atoms with Gasteiger partial charge >= 0.3 is 0 Å². The monoisotopic (exact) mass is 260 g/mol. The number of aromatic nitrogens is 2. The van der Waals surface area contributed by atoms with Gasteiger partial charge in [-0.15, -0.1) is 0 Å². The number of halogens is 1. The molecule has 2 nitrogen and oxygen atoms in total. The van der Waals surface area contributed by atoms with E-state index in [-0.39, 0.29) is 0 Å². The highest BCUT2D eigenvalue weighted by Crippen LogP contribution is 2.30. The summed E-state index contributed by atoms with van der Waals surface area (Å²) >= 11 is 3.58. The van der Waals surface area contributed by atoms with E-state index < -0.39 is 0 Å². The van der Waals surface area contributed by atoms with Crippen LogP contribution in [0.4, 0.5) is 0 Å². The van der Waals surface area contributed by atoms with Gasteiger partial charge in [0.25, 0.3) is 0 Å². The van der Waals surface area contributed by atoms with E-state index in [4.69, 9.17) is 0 Å². The van der Waals surface area contributed by atoms with Gasteiger partial charge in [0.05, 0.1) is 11.0 Å². The summed E-state index contributed by atoms with van der Waals surface area (Å²) in [6, 6.07) is 10.4. The molecule has 0 fully saturated rings. The average molecular weight is 261 g/mol. The van der Waals surface area contributed by atoms with Gasteiger partial charge in [-0.25, -0.2) is 4.98 Å². The van der Waals surface area contributed by atoms with E-state index in [9.17, 15) is 0 Å². The molecule has 0 atom stereocenters. The average Bonchev–Trinajstić information content (AvgIpc) is 2.59. The predicted octanol–water partition coefficient (Wildman–Crippen LogP) is 3.79. The standard InChI is InChI=1S/C12H9BrN2/c1-7-14-11-6-10(13)8-4-2-3-5-9(8)12(11)15-7/h2-6H,1H3,(H,14,15). The van der Waals surface area contributed by atoms with Crippen LogP contribution in [-0.4, -0.2) is 9.97 Å². The number of benzene rings is 2. The first-order valence-electron chi connectivity index (χ1n) is 4.79. The number of fused-ring (bicyclic) bond motifs is 3. The molecule has 0 aliphatic rings. The summed E-state index contributed by atoms with van der Waals surface area (Å²) in [5.74, 6) is 0.952. The van der Waals surface area contributed by atoms with Gasteiger partial charge < -0.3 is 4.98 Å². The Kier molecular flexibility index (Phi) is 1.83. The van der Waals surface area contributed by atoms with Crippen molar-refractivity contribution in [1.82, 2.24) is 9.97 Å². The molecule has 0 aliphatic heterocycles. The summed E-state index contributed by atoms with van der Waals surface area (Å²) in [5.41, 5.74) is 2.13. The highest BCUT2D eigenvalue weighted by atomic mass is 79.9. The van der Waals surface area contributed by atoms with Crippen LogP contribution >= 0.6 is 15.9 Å². The van der Waals surface area contributed by atoms with E-state index in [1.807, 2.05) is 19.1 Å². The van der Waals surface area contributed by atoms with Crippen molar-refractivity contribution in [2.75, 3.05) is 0 Å².